The first-order valence-corrected chi connectivity index (χ1v) is 6.28. The molecule has 0 heterocycles. The number of aliphatic hydroxyl groups is 1. The van der Waals surface area contributed by atoms with E-state index in [2.05, 4.69) is 12.2 Å². The molecule has 1 aromatic rings. The van der Waals surface area contributed by atoms with Crippen molar-refractivity contribution in [2.75, 3.05) is 33.4 Å². The van der Waals surface area contributed by atoms with Gasteiger partial charge in [0.05, 0.1) is 0 Å². The molecule has 1 aromatic carbocycles. The third kappa shape index (κ3) is 6.59. The first-order chi connectivity index (χ1) is 8.72. The minimum absolute atomic E-state index is 0.301. The fourth-order valence-electron chi connectivity index (χ4n) is 1.61. The molecule has 1 rings (SSSR count). The lowest BCUT2D eigenvalue weighted by molar-refractivity contribution is 0.102. The van der Waals surface area contributed by atoms with E-state index >= 15 is 0 Å². The summed E-state index contributed by atoms with van der Waals surface area (Å²) in [6, 6.07) is 9.50. The van der Waals surface area contributed by atoms with E-state index in [0.29, 0.717) is 19.1 Å². The first-order valence-electron chi connectivity index (χ1n) is 6.28. The van der Waals surface area contributed by atoms with Gasteiger partial charge in [-0.05, 0) is 24.6 Å². The maximum Gasteiger partial charge on any atom is 0.119 e. The summed E-state index contributed by atoms with van der Waals surface area (Å²) in [5, 5.41) is 12.9. The van der Waals surface area contributed by atoms with E-state index in [1.54, 1.807) is 7.11 Å². The number of methoxy groups -OCH3 is 1. The predicted molar refractivity (Wildman–Crippen MR) is 71.9 cm³/mol. The minimum atomic E-state index is -0.500. The fraction of sp³-hybridized carbons (Fsp3) is 0.571. The van der Waals surface area contributed by atoms with Gasteiger partial charge in [-0.3, -0.25) is 0 Å². The Hall–Kier alpha value is -1.10. The Morgan fingerprint density at radius 2 is 1.89 bits per heavy atom. The van der Waals surface area contributed by atoms with Gasteiger partial charge in [-0.2, -0.15) is 0 Å². The number of hydrogen-bond donors (Lipinski definition) is 2. The zero-order valence-electron chi connectivity index (χ0n) is 11.1. The summed E-state index contributed by atoms with van der Waals surface area (Å²) in [7, 11) is 1.69. The summed E-state index contributed by atoms with van der Waals surface area (Å²) in [5.74, 6) is 1.22. The van der Waals surface area contributed by atoms with E-state index in [4.69, 9.17) is 9.47 Å². The Kier molecular flexibility index (Phi) is 7.41. The van der Waals surface area contributed by atoms with Gasteiger partial charge in [0.25, 0.3) is 0 Å². The molecule has 2 N–H and O–H groups in total. The van der Waals surface area contributed by atoms with Crippen LogP contribution in [-0.4, -0.2) is 44.6 Å². The smallest absolute Gasteiger partial charge is 0.119 e. The second kappa shape index (κ2) is 8.91. The van der Waals surface area contributed by atoms with E-state index in [9.17, 15) is 5.11 Å². The van der Waals surface area contributed by atoms with Gasteiger partial charge in [0.2, 0.25) is 0 Å². The summed E-state index contributed by atoms with van der Waals surface area (Å²) in [6.45, 7) is 4.49. The first kappa shape index (κ1) is 15.0. The zero-order chi connectivity index (χ0) is 13.2. The molecule has 0 aliphatic carbocycles. The summed E-state index contributed by atoms with van der Waals surface area (Å²) >= 11 is 0. The normalized spacial score (nSPS) is 14.2. The molecule has 0 fully saturated rings. The molecule has 102 valence electrons. The second-order valence-electron chi connectivity index (χ2n) is 4.50. The van der Waals surface area contributed by atoms with E-state index in [1.165, 1.54) is 0 Å². The lowest BCUT2D eigenvalue weighted by Gasteiger charge is -2.15. The van der Waals surface area contributed by atoms with E-state index in [1.807, 2.05) is 30.3 Å². The molecule has 0 aromatic heterocycles. The highest BCUT2D eigenvalue weighted by atomic mass is 16.5. The van der Waals surface area contributed by atoms with Gasteiger partial charge in [0.1, 0.15) is 18.5 Å². The lowest BCUT2D eigenvalue weighted by Crippen LogP contribution is -2.34. The van der Waals surface area contributed by atoms with E-state index in [-0.39, 0.29) is 0 Å². The summed E-state index contributed by atoms with van der Waals surface area (Å²) in [5.41, 5.74) is 0. The quantitative estimate of drug-likeness (QED) is 0.696. The van der Waals surface area contributed by atoms with Crippen LogP contribution >= 0.6 is 0 Å². The molecule has 4 heteroatoms. The highest BCUT2D eigenvalue weighted by Gasteiger charge is 2.06. The molecular formula is C14H23NO3. The standard InChI is InChI=1S/C14H23NO3/c1-12(10-17-2)8-15-9-13(16)11-18-14-6-4-3-5-7-14/h3-7,12-13,15-16H,8-11H2,1-2H3. The Bertz CT molecular complexity index is 305. The van der Waals surface area contributed by atoms with Gasteiger partial charge in [0, 0.05) is 20.3 Å². The molecule has 0 amide bonds. The van der Waals surface area contributed by atoms with Crippen LogP contribution in [0.4, 0.5) is 0 Å². The number of ether oxygens (including phenoxy) is 2. The third-order valence-electron chi connectivity index (χ3n) is 2.51. The molecule has 4 nitrogen and oxygen atoms in total. The molecule has 18 heavy (non-hydrogen) atoms. The second-order valence-corrected chi connectivity index (χ2v) is 4.50. The van der Waals surface area contributed by atoms with Crippen molar-refractivity contribution in [1.82, 2.24) is 5.32 Å². The van der Waals surface area contributed by atoms with Crippen molar-refractivity contribution in [2.24, 2.45) is 5.92 Å². The molecule has 2 unspecified atom stereocenters. The molecule has 2 atom stereocenters. The summed E-state index contributed by atoms with van der Waals surface area (Å²) in [6.07, 6.45) is -0.500. The highest BCUT2D eigenvalue weighted by Crippen LogP contribution is 2.08. The van der Waals surface area contributed by atoms with Crippen LogP contribution in [0, 0.1) is 5.92 Å². The molecular weight excluding hydrogens is 230 g/mol. The number of nitrogens with one attached hydrogen (secondary N) is 1. The summed E-state index contributed by atoms with van der Waals surface area (Å²) in [4.78, 5) is 0. The number of para-hydroxylation sites is 1. The SMILES string of the molecule is COCC(C)CNCC(O)COc1ccccc1. The minimum Gasteiger partial charge on any atom is -0.491 e. The lowest BCUT2D eigenvalue weighted by atomic mass is 10.2. The maximum atomic E-state index is 9.73. The van der Waals surface area contributed by atoms with Crippen LogP contribution in [0.3, 0.4) is 0 Å². The van der Waals surface area contributed by atoms with Crippen LogP contribution < -0.4 is 10.1 Å². The van der Waals surface area contributed by atoms with Gasteiger partial charge in [-0.25, -0.2) is 0 Å². The van der Waals surface area contributed by atoms with Crippen LogP contribution in [0.15, 0.2) is 30.3 Å². The van der Waals surface area contributed by atoms with Gasteiger partial charge >= 0.3 is 0 Å². The molecule has 0 aliphatic rings. The van der Waals surface area contributed by atoms with Crippen molar-refractivity contribution < 1.29 is 14.6 Å². The van der Waals surface area contributed by atoms with Crippen molar-refractivity contribution in [3.8, 4) is 5.75 Å². The molecule has 0 saturated heterocycles. The largest absolute Gasteiger partial charge is 0.491 e. The van der Waals surface area contributed by atoms with Gasteiger partial charge < -0.3 is 19.9 Å². The van der Waals surface area contributed by atoms with Crippen LogP contribution in [0.25, 0.3) is 0 Å². The molecule has 0 spiro atoms. The molecule has 0 bridgehead atoms. The van der Waals surface area contributed by atoms with Crippen molar-refractivity contribution in [3.05, 3.63) is 30.3 Å². The van der Waals surface area contributed by atoms with Crippen LogP contribution in [-0.2, 0) is 4.74 Å². The van der Waals surface area contributed by atoms with Crippen LogP contribution in [0.2, 0.25) is 0 Å². The van der Waals surface area contributed by atoms with Crippen molar-refractivity contribution in [3.63, 3.8) is 0 Å². The zero-order valence-corrected chi connectivity index (χ0v) is 11.1. The van der Waals surface area contributed by atoms with E-state index < -0.39 is 6.10 Å². The molecule has 0 radical (unpaired) electrons. The third-order valence-corrected chi connectivity index (χ3v) is 2.51. The molecule has 0 saturated carbocycles. The van der Waals surface area contributed by atoms with Crippen molar-refractivity contribution in [1.29, 1.82) is 0 Å². The average molecular weight is 253 g/mol. The van der Waals surface area contributed by atoms with Crippen molar-refractivity contribution >= 4 is 0 Å². The van der Waals surface area contributed by atoms with Gasteiger partial charge in [0.15, 0.2) is 0 Å². The Labute approximate surface area is 109 Å². The average Bonchev–Trinajstić information content (AvgIpc) is 2.38. The number of hydrogen-bond acceptors (Lipinski definition) is 4. The number of rotatable bonds is 9. The van der Waals surface area contributed by atoms with Crippen LogP contribution in [0.1, 0.15) is 6.92 Å². The van der Waals surface area contributed by atoms with Crippen LogP contribution in [0.5, 0.6) is 5.75 Å². The van der Waals surface area contributed by atoms with Gasteiger partial charge in [-0.15, -0.1) is 0 Å². The summed E-state index contributed by atoms with van der Waals surface area (Å²) < 4.78 is 10.5. The number of benzene rings is 1. The number of aliphatic hydroxyl groups excluding tert-OH is 1. The maximum absolute atomic E-state index is 9.73. The predicted octanol–water partition coefficient (Wildman–Crippen LogP) is 1.30. The fourth-order valence-corrected chi connectivity index (χ4v) is 1.61. The topological polar surface area (TPSA) is 50.7 Å². The highest BCUT2D eigenvalue weighted by molar-refractivity contribution is 5.20. The van der Waals surface area contributed by atoms with E-state index in [0.717, 1.165) is 18.9 Å². The Balaban J connectivity index is 2.09. The Morgan fingerprint density at radius 3 is 2.56 bits per heavy atom. The monoisotopic (exact) mass is 253 g/mol. The van der Waals surface area contributed by atoms with Crippen molar-refractivity contribution in [2.45, 2.75) is 13.0 Å². The molecule has 0 aliphatic heterocycles. The Morgan fingerprint density at radius 1 is 1.17 bits per heavy atom. The van der Waals surface area contributed by atoms with Gasteiger partial charge in [-0.1, -0.05) is 25.1 Å².